The fourth-order valence-corrected chi connectivity index (χ4v) is 2.28. The molecular formula is C14H9N3O4. The number of nitrogen functional groups attached to an aromatic ring is 1. The van der Waals surface area contributed by atoms with Gasteiger partial charge in [-0.1, -0.05) is 6.07 Å². The maximum absolute atomic E-state index is 12.4. The molecule has 0 radical (unpaired) electrons. The molecule has 0 fully saturated rings. The smallest absolute Gasteiger partial charge is 0.283 e. The van der Waals surface area contributed by atoms with Crippen molar-refractivity contribution in [2.24, 2.45) is 0 Å². The minimum atomic E-state index is -0.702. The highest BCUT2D eigenvalue weighted by Gasteiger charge is 2.41. The van der Waals surface area contributed by atoms with E-state index >= 15 is 0 Å². The standard InChI is InChI=1S/C14H9N3O4/c15-8-4-6-9(7-5-8)16-13(18)10-2-1-3-11(17(20)21)12(10)14(16)19/h1-7H,15H2. The SMILES string of the molecule is Nc1ccc(N2C(=O)c3cccc([N+](=O)[O-])c3C2=O)cc1. The molecule has 1 aliphatic rings. The maximum Gasteiger partial charge on any atom is 0.283 e. The summed E-state index contributed by atoms with van der Waals surface area (Å²) in [4.78, 5) is 36.0. The molecule has 2 N–H and O–H groups in total. The average molecular weight is 283 g/mol. The molecule has 3 rings (SSSR count). The van der Waals surface area contributed by atoms with E-state index in [9.17, 15) is 19.7 Å². The summed E-state index contributed by atoms with van der Waals surface area (Å²) < 4.78 is 0. The number of hydrogen-bond acceptors (Lipinski definition) is 5. The van der Waals surface area contributed by atoms with E-state index in [0.717, 1.165) is 4.90 Å². The van der Waals surface area contributed by atoms with Crippen LogP contribution in [0.1, 0.15) is 20.7 Å². The fraction of sp³-hybridized carbons (Fsp3) is 0. The number of fused-ring (bicyclic) bond motifs is 1. The van der Waals surface area contributed by atoms with Gasteiger partial charge in [-0.15, -0.1) is 0 Å². The summed E-state index contributed by atoms with van der Waals surface area (Å²) in [5.41, 5.74) is 5.86. The van der Waals surface area contributed by atoms with Gasteiger partial charge in [0.05, 0.1) is 16.2 Å². The number of imide groups is 1. The van der Waals surface area contributed by atoms with Gasteiger partial charge in [0, 0.05) is 11.8 Å². The minimum Gasteiger partial charge on any atom is -0.399 e. The second-order valence-corrected chi connectivity index (χ2v) is 4.49. The zero-order chi connectivity index (χ0) is 15.1. The van der Waals surface area contributed by atoms with Crippen LogP contribution in [0.25, 0.3) is 0 Å². The predicted molar refractivity (Wildman–Crippen MR) is 75.1 cm³/mol. The lowest BCUT2D eigenvalue weighted by Gasteiger charge is -2.13. The van der Waals surface area contributed by atoms with Gasteiger partial charge in [0.1, 0.15) is 5.56 Å². The molecule has 1 aliphatic heterocycles. The largest absolute Gasteiger partial charge is 0.399 e. The first kappa shape index (κ1) is 12.8. The van der Waals surface area contributed by atoms with Crippen LogP contribution in [-0.4, -0.2) is 16.7 Å². The van der Waals surface area contributed by atoms with Crippen LogP contribution in [0.5, 0.6) is 0 Å². The van der Waals surface area contributed by atoms with Gasteiger partial charge >= 0.3 is 0 Å². The van der Waals surface area contributed by atoms with Gasteiger partial charge in [-0.25, -0.2) is 4.90 Å². The molecule has 7 nitrogen and oxygen atoms in total. The fourth-order valence-electron chi connectivity index (χ4n) is 2.28. The Morgan fingerprint density at radius 1 is 1.00 bits per heavy atom. The molecule has 0 unspecified atom stereocenters. The predicted octanol–water partition coefficient (Wildman–Crippen LogP) is 1.98. The third kappa shape index (κ3) is 1.83. The van der Waals surface area contributed by atoms with E-state index < -0.39 is 16.7 Å². The van der Waals surface area contributed by atoms with Crippen molar-refractivity contribution in [2.45, 2.75) is 0 Å². The molecule has 104 valence electrons. The lowest BCUT2D eigenvalue weighted by atomic mass is 10.1. The molecule has 7 heteroatoms. The van der Waals surface area contributed by atoms with E-state index in [2.05, 4.69) is 0 Å². The molecule has 0 spiro atoms. The van der Waals surface area contributed by atoms with Gasteiger partial charge in [-0.2, -0.15) is 0 Å². The minimum absolute atomic E-state index is 0.0334. The Balaban J connectivity index is 2.15. The Labute approximate surface area is 118 Å². The van der Waals surface area contributed by atoms with E-state index in [4.69, 9.17) is 5.73 Å². The number of nitro benzene ring substituents is 1. The van der Waals surface area contributed by atoms with E-state index in [1.54, 1.807) is 12.1 Å². The molecule has 2 amide bonds. The van der Waals surface area contributed by atoms with Crippen LogP contribution in [0.2, 0.25) is 0 Å². The van der Waals surface area contributed by atoms with Crippen molar-refractivity contribution in [3.63, 3.8) is 0 Å². The van der Waals surface area contributed by atoms with E-state index in [0.29, 0.717) is 11.4 Å². The van der Waals surface area contributed by atoms with Crippen molar-refractivity contribution in [3.05, 3.63) is 63.7 Å². The van der Waals surface area contributed by atoms with Crippen molar-refractivity contribution < 1.29 is 14.5 Å². The number of nitrogens with two attached hydrogens (primary N) is 1. The van der Waals surface area contributed by atoms with Crippen LogP contribution in [0.15, 0.2) is 42.5 Å². The third-order valence-electron chi connectivity index (χ3n) is 3.24. The lowest BCUT2D eigenvalue weighted by molar-refractivity contribution is -0.385. The van der Waals surface area contributed by atoms with Gasteiger partial charge < -0.3 is 5.73 Å². The van der Waals surface area contributed by atoms with Crippen LogP contribution >= 0.6 is 0 Å². The van der Waals surface area contributed by atoms with Crippen molar-refractivity contribution in [2.75, 3.05) is 10.6 Å². The Morgan fingerprint density at radius 2 is 1.67 bits per heavy atom. The summed E-state index contributed by atoms with van der Waals surface area (Å²) in [6, 6.07) is 10.1. The van der Waals surface area contributed by atoms with Gasteiger partial charge in [0.25, 0.3) is 17.5 Å². The Bertz CT molecular complexity index is 783. The number of carbonyl (C=O) groups excluding carboxylic acids is 2. The number of carbonyl (C=O) groups is 2. The van der Waals surface area contributed by atoms with E-state index in [1.165, 1.54) is 30.3 Å². The zero-order valence-electron chi connectivity index (χ0n) is 10.6. The third-order valence-corrected chi connectivity index (χ3v) is 3.24. The Hall–Kier alpha value is -3.22. The molecule has 0 bridgehead atoms. The molecule has 2 aromatic rings. The van der Waals surface area contributed by atoms with Gasteiger partial charge in [0.2, 0.25) is 0 Å². The van der Waals surface area contributed by atoms with Crippen LogP contribution in [0, 0.1) is 10.1 Å². The average Bonchev–Trinajstić information content (AvgIpc) is 2.72. The number of nitro groups is 1. The van der Waals surface area contributed by atoms with Crippen LogP contribution < -0.4 is 10.6 Å². The molecule has 0 saturated carbocycles. The molecule has 0 saturated heterocycles. The van der Waals surface area contributed by atoms with E-state index in [-0.39, 0.29) is 16.8 Å². The zero-order valence-corrected chi connectivity index (χ0v) is 10.6. The molecule has 2 aromatic carbocycles. The van der Waals surface area contributed by atoms with Crippen molar-refractivity contribution in [1.29, 1.82) is 0 Å². The van der Waals surface area contributed by atoms with Crippen LogP contribution in [-0.2, 0) is 0 Å². The first-order chi connectivity index (χ1) is 10.0. The quantitative estimate of drug-likeness (QED) is 0.392. The van der Waals surface area contributed by atoms with E-state index in [1.807, 2.05) is 0 Å². The summed E-state index contributed by atoms with van der Waals surface area (Å²) in [5.74, 6) is -1.28. The summed E-state index contributed by atoms with van der Waals surface area (Å²) in [5, 5.41) is 11.0. The molecule has 1 heterocycles. The van der Waals surface area contributed by atoms with Gasteiger partial charge in [-0.05, 0) is 30.3 Å². The second kappa shape index (κ2) is 4.41. The summed E-state index contributed by atoms with van der Waals surface area (Å²) in [6.07, 6.45) is 0. The van der Waals surface area contributed by atoms with Crippen molar-refractivity contribution in [3.8, 4) is 0 Å². The molecule has 0 aliphatic carbocycles. The molecular weight excluding hydrogens is 274 g/mol. The topological polar surface area (TPSA) is 107 Å². The molecule has 0 atom stereocenters. The summed E-state index contributed by atoms with van der Waals surface area (Å²) in [6.45, 7) is 0. The number of benzene rings is 2. The summed E-state index contributed by atoms with van der Waals surface area (Å²) in [7, 11) is 0. The number of hydrogen-bond donors (Lipinski definition) is 1. The summed E-state index contributed by atoms with van der Waals surface area (Å²) >= 11 is 0. The van der Waals surface area contributed by atoms with Crippen LogP contribution in [0.3, 0.4) is 0 Å². The van der Waals surface area contributed by atoms with Crippen molar-refractivity contribution >= 4 is 28.9 Å². The highest BCUT2D eigenvalue weighted by Crippen LogP contribution is 2.33. The van der Waals surface area contributed by atoms with Crippen LogP contribution in [0.4, 0.5) is 17.1 Å². The number of nitrogens with zero attached hydrogens (tertiary/aromatic N) is 2. The Morgan fingerprint density at radius 3 is 2.29 bits per heavy atom. The normalized spacial score (nSPS) is 13.4. The second-order valence-electron chi connectivity index (χ2n) is 4.49. The first-order valence-corrected chi connectivity index (χ1v) is 6.02. The van der Waals surface area contributed by atoms with Gasteiger partial charge in [-0.3, -0.25) is 19.7 Å². The van der Waals surface area contributed by atoms with Crippen molar-refractivity contribution in [1.82, 2.24) is 0 Å². The molecule has 0 aromatic heterocycles. The maximum atomic E-state index is 12.4. The Kier molecular flexibility index (Phi) is 2.69. The monoisotopic (exact) mass is 283 g/mol. The molecule has 21 heavy (non-hydrogen) atoms. The number of rotatable bonds is 2. The first-order valence-electron chi connectivity index (χ1n) is 6.02. The van der Waals surface area contributed by atoms with Gasteiger partial charge in [0.15, 0.2) is 0 Å². The number of anilines is 2. The highest BCUT2D eigenvalue weighted by atomic mass is 16.6. The lowest BCUT2D eigenvalue weighted by Crippen LogP contribution is -2.29. The highest BCUT2D eigenvalue weighted by molar-refractivity contribution is 6.35. The number of amides is 2.